The topological polar surface area (TPSA) is 44.7 Å². The van der Waals surface area contributed by atoms with Crippen molar-refractivity contribution in [3.05, 3.63) is 29.8 Å². The first-order valence-corrected chi connectivity index (χ1v) is 9.27. The zero-order chi connectivity index (χ0) is 27.7. The van der Waals surface area contributed by atoms with E-state index in [2.05, 4.69) is 5.10 Å². The van der Waals surface area contributed by atoms with Crippen LogP contribution in [-0.4, -0.2) is 61.0 Å². The molecule has 1 aromatic carbocycles. The van der Waals surface area contributed by atoms with Gasteiger partial charge in [-0.15, -0.1) is 0 Å². The summed E-state index contributed by atoms with van der Waals surface area (Å²) in [7, 11) is 0. The summed E-state index contributed by atoms with van der Waals surface area (Å²) in [6, 6.07) is 5.57. The molecule has 1 rings (SSSR count). The number of anilines is 1. The molecule has 35 heavy (non-hydrogen) atoms. The highest BCUT2D eigenvalue weighted by molar-refractivity contribution is 5.87. The molecule has 0 aromatic heterocycles. The monoisotopic (exact) mass is 537 g/mol. The first kappa shape index (κ1) is 30.3. The van der Waals surface area contributed by atoms with Gasteiger partial charge in [0.25, 0.3) is 0 Å². The van der Waals surface area contributed by atoms with Crippen LogP contribution in [0.4, 0.5) is 62.8 Å². The van der Waals surface area contributed by atoms with E-state index in [1.54, 1.807) is 0 Å². The second kappa shape index (κ2) is 9.72. The third-order valence-corrected chi connectivity index (χ3v) is 4.62. The summed E-state index contributed by atoms with van der Waals surface area (Å²) in [6.07, 6.45) is -6.98. The summed E-state index contributed by atoms with van der Waals surface area (Å²) in [5.41, 5.74) is 1.35. The van der Waals surface area contributed by atoms with Crippen LogP contribution in [0, 0.1) is 0 Å². The lowest BCUT2D eigenvalue weighted by atomic mass is 9.93. The highest BCUT2D eigenvalue weighted by Crippen LogP contribution is 2.60. The molecule has 4 nitrogen and oxygen atoms in total. The van der Waals surface area contributed by atoms with Gasteiger partial charge in [0.05, 0.1) is 6.21 Å². The molecule has 200 valence electrons. The average molecular weight is 537 g/mol. The minimum atomic E-state index is -8.08. The number of carbonyl (C=O) groups is 1. The largest absolute Gasteiger partial charge is 0.460 e. The maximum Gasteiger partial charge on any atom is 0.460 e. The Morgan fingerprint density at radius 2 is 1.20 bits per heavy atom. The Bertz CT molecular complexity index is 907. The molecule has 0 fully saturated rings. The van der Waals surface area contributed by atoms with Gasteiger partial charge in [-0.05, 0) is 31.5 Å². The summed E-state index contributed by atoms with van der Waals surface area (Å²) in [5.74, 6) is -42.1. The summed E-state index contributed by atoms with van der Waals surface area (Å²) in [5, 5.41) is 2.76. The summed E-state index contributed by atoms with van der Waals surface area (Å²) in [4.78, 5) is 13.2. The predicted molar refractivity (Wildman–Crippen MR) is 96.5 cm³/mol. The molecule has 0 bridgehead atoms. The molecule has 0 aliphatic heterocycles. The van der Waals surface area contributed by atoms with Gasteiger partial charge in [0, 0.05) is 18.8 Å². The van der Waals surface area contributed by atoms with E-state index in [1.165, 1.54) is 24.3 Å². The molecular weight excluding hydrogens is 521 g/mol. The summed E-state index contributed by atoms with van der Waals surface area (Å²) >= 11 is 0. The van der Waals surface area contributed by atoms with Gasteiger partial charge in [0.1, 0.15) is 0 Å². The highest BCUT2D eigenvalue weighted by Gasteiger charge is 2.91. The van der Waals surface area contributed by atoms with E-state index in [1.807, 2.05) is 18.7 Å². The maximum atomic E-state index is 13.7. The first-order chi connectivity index (χ1) is 15.6. The number of hydrogen-bond acceptors (Lipinski definition) is 3. The van der Waals surface area contributed by atoms with Crippen LogP contribution in [0.5, 0.6) is 0 Å². The van der Waals surface area contributed by atoms with Crippen molar-refractivity contribution in [1.29, 1.82) is 0 Å². The van der Waals surface area contributed by atoms with Gasteiger partial charge in [-0.1, -0.05) is 12.1 Å². The Morgan fingerprint density at radius 1 is 0.771 bits per heavy atom. The van der Waals surface area contributed by atoms with Gasteiger partial charge < -0.3 is 4.90 Å². The third-order valence-electron chi connectivity index (χ3n) is 4.62. The van der Waals surface area contributed by atoms with E-state index in [0.29, 0.717) is 30.4 Å². The van der Waals surface area contributed by atoms with E-state index < -0.39 is 41.7 Å². The van der Waals surface area contributed by atoms with Crippen molar-refractivity contribution in [1.82, 2.24) is 5.43 Å². The fourth-order valence-corrected chi connectivity index (χ4v) is 2.51. The summed E-state index contributed by atoms with van der Waals surface area (Å²) < 4.78 is 169. The maximum absolute atomic E-state index is 13.7. The number of amides is 1. The molecule has 0 heterocycles. The van der Waals surface area contributed by atoms with Crippen LogP contribution in [0.15, 0.2) is 29.4 Å². The van der Waals surface area contributed by atoms with Crippen molar-refractivity contribution in [2.45, 2.75) is 49.6 Å². The van der Waals surface area contributed by atoms with Crippen molar-refractivity contribution in [3.8, 4) is 0 Å². The Kier molecular flexibility index (Phi) is 8.41. The standard InChI is InChI=1S/C18H16F13N3O/c1-3-34(4-2)11-7-5-10(6-8-11)9-32-33-12(35)13(19,20)14(21,22)15(23,24)16(25,26)17(27,28)18(29,30)31/h5-9H,3-4H2,1-2H3,(H,33,35)/b32-9-. The molecule has 0 radical (unpaired) electrons. The molecular formula is C18H16F13N3O. The average Bonchev–Trinajstić information content (AvgIpc) is 2.74. The van der Waals surface area contributed by atoms with Crippen molar-refractivity contribution in [3.63, 3.8) is 0 Å². The van der Waals surface area contributed by atoms with Gasteiger partial charge in [-0.3, -0.25) is 4.79 Å². The van der Waals surface area contributed by atoms with Gasteiger partial charge in [0.2, 0.25) is 0 Å². The molecule has 17 heteroatoms. The number of nitrogens with zero attached hydrogens (tertiary/aromatic N) is 2. The number of hydrazone groups is 1. The van der Waals surface area contributed by atoms with Crippen molar-refractivity contribution in [2.24, 2.45) is 5.10 Å². The summed E-state index contributed by atoms with van der Waals surface area (Å²) in [6.45, 7) is 4.85. The first-order valence-electron chi connectivity index (χ1n) is 9.27. The van der Waals surface area contributed by atoms with Crippen LogP contribution in [-0.2, 0) is 4.79 Å². The Morgan fingerprint density at radius 3 is 1.60 bits per heavy atom. The number of carbonyl (C=O) groups excluding carboxylic acids is 1. The molecule has 1 amide bonds. The number of benzene rings is 1. The van der Waals surface area contributed by atoms with Crippen LogP contribution >= 0.6 is 0 Å². The Balaban J connectivity index is 3.15. The Labute approximate surface area is 188 Å². The zero-order valence-corrected chi connectivity index (χ0v) is 17.5. The Hall–Kier alpha value is -2.75. The van der Waals surface area contributed by atoms with Crippen molar-refractivity contribution < 1.29 is 61.9 Å². The molecule has 1 N–H and O–H groups in total. The predicted octanol–water partition coefficient (Wildman–Crippen LogP) is 5.72. The number of nitrogens with one attached hydrogen (secondary N) is 1. The normalized spacial score (nSPS) is 14.4. The highest BCUT2D eigenvalue weighted by atomic mass is 19.4. The second-order valence-electron chi connectivity index (χ2n) is 6.83. The lowest BCUT2D eigenvalue weighted by Gasteiger charge is -2.38. The fourth-order valence-electron chi connectivity index (χ4n) is 2.51. The lowest BCUT2D eigenvalue weighted by molar-refractivity contribution is -0.436. The second-order valence-corrected chi connectivity index (χ2v) is 6.83. The van der Waals surface area contributed by atoms with Gasteiger partial charge >= 0.3 is 41.7 Å². The van der Waals surface area contributed by atoms with E-state index in [0.717, 1.165) is 0 Å². The molecule has 1 aromatic rings. The van der Waals surface area contributed by atoms with E-state index >= 15 is 0 Å². The van der Waals surface area contributed by atoms with E-state index in [-0.39, 0.29) is 5.56 Å². The van der Waals surface area contributed by atoms with Gasteiger partial charge in [-0.2, -0.15) is 62.2 Å². The van der Waals surface area contributed by atoms with Crippen LogP contribution in [0.25, 0.3) is 0 Å². The van der Waals surface area contributed by atoms with Gasteiger partial charge in [-0.25, -0.2) is 5.43 Å². The molecule has 0 saturated carbocycles. The van der Waals surface area contributed by atoms with Crippen LogP contribution in [0.3, 0.4) is 0 Å². The van der Waals surface area contributed by atoms with Crippen LogP contribution in [0.1, 0.15) is 19.4 Å². The van der Waals surface area contributed by atoms with Crippen molar-refractivity contribution in [2.75, 3.05) is 18.0 Å². The number of halogens is 13. The fraction of sp³-hybridized carbons (Fsp3) is 0.556. The van der Waals surface area contributed by atoms with Gasteiger partial charge in [0.15, 0.2) is 0 Å². The van der Waals surface area contributed by atoms with E-state index in [9.17, 15) is 61.9 Å². The minimum absolute atomic E-state index is 0.0398. The smallest absolute Gasteiger partial charge is 0.372 e. The number of hydrogen-bond donors (Lipinski definition) is 1. The van der Waals surface area contributed by atoms with Crippen LogP contribution < -0.4 is 10.3 Å². The molecule has 0 aliphatic carbocycles. The van der Waals surface area contributed by atoms with E-state index in [4.69, 9.17) is 0 Å². The molecule has 0 saturated heterocycles. The van der Waals surface area contributed by atoms with Crippen LogP contribution in [0.2, 0.25) is 0 Å². The zero-order valence-electron chi connectivity index (χ0n) is 17.5. The number of alkyl halides is 13. The SMILES string of the molecule is CCN(CC)c1ccc(/C=N\NC(=O)C(F)(F)C(F)(F)C(F)(F)C(F)(F)C(F)(F)C(F)(F)F)cc1. The minimum Gasteiger partial charge on any atom is -0.372 e. The van der Waals surface area contributed by atoms with Crippen molar-refractivity contribution >= 4 is 17.8 Å². The quantitative estimate of drug-likeness (QED) is 0.236. The number of rotatable bonds is 10. The third kappa shape index (κ3) is 5.12. The molecule has 0 aliphatic rings. The lowest BCUT2D eigenvalue weighted by Crippen LogP contribution is -2.71. The molecule has 0 atom stereocenters. The molecule has 0 spiro atoms. The molecule has 0 unspecified atom stereocenters.